The summed E-state index contributed by atoms with van der Waals surface area (Å²) < 4.78 is 5.88. The molecule has 4 atom stereocenters. The van der Waals surface area contributed by atoms with Crippen LogP contribution in [0.25, 0.3) is 0 Å². The first-order chi connectivity index (χ1) is 8.58. The molecule has 2 saturated heterocycles. The lowest BCUT2D eigenvalue weighted by Gasteiger charge is -2.33. The van der Waals surface area contributed by atoms with Crippen molar-refractivity contribution in [3.63, 3.8) is 0 Å². The average Bonchev–Trinajstić information content (AvgIpc) is 2.86. The highest BCUT2D eigenvalue weighted by molar-refractivity contribution is 5.83. The SMILES string of the molecule is C[C@H]1C[C@@H]2CN(C(=O)C3(C)CC=CCC3)C[C@@H]2O1. The first kappa shape index (κ1) is 12.2. The summed E-state index contributed by atoms with van der Waals surface area (Å²) in [5, 5.41) is 0. The number of hydrogen-bond donors (Lipinski definition) is 0. The van der Waals surface area contributed by atoms with Gasteiger partial charge < -0.3 is 9.64 Å². The van der Waals surface area contributed by atoms with Crippen LogP contribution < -0.4 is 0 Å². The molecule has 3 heteroatoms. The van der Waals surface area contributed by atoms with Crippen molar-refractivity contribution in [3.8, 4) is 0 Å². The Morgan fingerprint density at radius 2 is 2.22 bits per heavy atom. The zero-order valence-electron chi connectivity index (χ0n) is 11.4. The number of fused-ring (bicyclic) bond motifs is 1. The van der Waals surface area contributed by atoms with Crippen LogP contribution in [0.5, 0.6) is 0 Å². The molecule has 0 aromatic heterocycles. The Balaban J connectivity index is 1.66. The van der Waals surface area contributed by atoms with Crippen molar-refractivity contribution in [2.75, 3.05) is 13.1 Å². The van der Waals surface area contributed by atoms with Gasteiger partial charge in [-0.25, -0.2) is 0 Å². The molecule has 0 N–H and O–H groups in total. The monoisotopic (exact) mass is 249 g/mol. The summed E-state index contributed by atoms with van der Waals surface area (Å²) >= 11 is 0. The quantitative estimate of drug-likeness (QED) is 0.668. The standard InChI is InChI=1S/C15H23NO2/c1-11-8-12-9-16(10-13(12)18-11)14(17)15(2)6-4-3-5-7-15/h3-4,11-13H,5-10H2,1-2H3/t11-,12+,13-,15?/m0/s1. The molecule has 1 aliphatic carbocycles. The number of ether oxygens (including phenoxy) is 1. The van der Waals surface area contributed by atoms with Crippen molar-refractivity contribution in [3.05, 3.63) is 12.2 Å². The van der Waals surface area contributed by atoms with E-state index in [0.717, 1.165) is 38.8 Å². The highest BCUT2D eigenvalue weighted by Crippen LogP contribution is 2.38. The van der Waals surface area contributed by atoms with Gasteiger partial charge in [0.2, 0.25) is 5.91 Å². The van der Waals surface area contributed by atoms with Crippen LogP contribution in [0.2, 0.25) is 0 Å². The van der Waals surface area contributed by atoms with Crippen molar-refractivity contribution < 1.29 is 9.53 Å². The minimum Gasteiger partial charge on any atom is -0.373 e. The molecule has 0 bridgehead atoms. The van der Waals surface area contributed by atoms with E-state index in [1.165, 1.54) is 0 Å². The van der Waals surface area contributed by atoms with Crippen LogP contribution in [0, 0.1) is 11.3 Å². The third-order valence-electron chi connectivity index (χ3n) is 4.82. The van der Waals surface area contributed by atoms with Gasteiger partial charge in [0.05, 0.1) is 17.6 Å². The molecule has 0 radical (unpaired) electrons. The zero-order valence-corrected chi connectivity index (χ0v) is 11.4. The molecule has 0 spiro atoms. The number of hydrogen-bond acceptors (Lipinski definition) is 2. The minimum atomic E-state index is -0.168. The maximum Gasteiger partial charge on any atom is 0.228 e. The van der Waals surface area contributed by atoms with Gasteiger partial charge in [0, 0.05) is 19.0 Å². The van der Waals surface area contributed by atoms with Gasteiger partial charge >= 0.3 is 0 Å². The highest BCUT2D eigenvalue weighted by atomic mass is 16.5. The van der Waals surface area contributed by atoms with Crippen LogP contribution in [0.15, 0.2) is 12.2 Å². The number of carbonyl (C=O) groups excluding carboxylic acids is 1. The van der Waals surface area contributed by atoms with Gasteiger partial charge in [-0.3, -0.25) is 4.79 Å². The average molecular weight is 249 g/mol. The van der Waals surface area contributed by atoms with Crippen LogP contribution in [-0.2, 0) is 9.53 Å². The van der Waals surface area contributed by atoms with E-state index < -0.39 is 0 Å². The van der Waals surface area contributed by atoms with Crippen molar-refractivity contribution >= 4 is 5.91 Å². The summed E-state index contributed by atoms with van der Waals surface area (Å²) in [6.07, 6.45) is 9.08. The van der Waals surface area contributed by atoms with Crippen LogP contribution in [-0.4, -0.2) is 36.1 Å². The van der Waals surface area contributed by atoms with Crippen LogP contribution in [0.1, 0.15) is 39.5 Å². The Kier molecular flexibility index (Phi) is 2.97. The number of nitrogens with zero attached hydrogens (tertiary/aromatic N) is 1. The third kappa shape index (κ3) is 1.99. The maximum atomic E-state index is 12.7. The van der Waals surface area contributed by atoms with E-state index in [4.69, 9.17) is 4.74 Å². The van der Waals surface area contributed by atoms with Gasteiger partial charge in [-0.2, -0.15) is 0 Å². The Morgan fingerprint density at radius 1 is 1.39 bits per heavy atom. The molecule has 0 aromatic rings. The number of carbonyl (C=O) groups is 1. The van der Waals surface area contributed by atoms with E-state index in [9.17, 15) is 4.79 Å². The first-order valence-corrected chi connectivity index (χ1v) is 7.18. The maximum absolute atomic E-state index is 12.7. The number of likely N-dealkylation sites (tertiary alicyclic amines) is 1. The lowest BCUT2D eigenvalue weighted by Crippen LogP contribution is -2.42. The smallest absolute Gasteiger partial charge is 0.228 e. The molecule has 0 aromatic carbocycles. The summed E-state index contributed by atoms with van der Waals surface area (Å²) in [5.41, 5.74) is -0.168. The fourth-order valence-electron chi connectivity index (χ4n) is 3.71. The van der Waals surface area contributed by atoms with Gasteiger partial charge in [-0.15, -0.1) is 0 Å². The molecule has 2 fully saturated rings. The molecule has 3 rings (SSSR count). The first-order valence-electron chi connectivity index (χ1n) is 7.18. The van der Waals surface area contributed by atoms with E-state index >= 15 is 0 Å². The van der Waals surface area contributed by atoms with Gasteiger partial charge in [0.25, 0.3) is 0 Å². The summed E-state index contributed by atoms with van der Waals surface area (Å²) in [6.45, 7) is 5.98. The van der Waals surface area contributed by atoms with Crippen molar-refractivity contribution in [2.45, 2.75) is 51.7 Å². The second-order valence-corrected chi connectivity index (χ2v) is 6.47. The molecule has 3 nitrogen and oxygen atoms in total. The van der Waals surface area contributed by atoms with Gasteiger partial charge in [-0.1, -0.05) is 19.1 Å². The fraction of sp³-hybridized carbons (Fsp3) is 0.800. The molecular formula is C15H23NO2. The summed E-state index contributed by atoms with van der Waals surface area (Å²) in [4.78, 5) is 14.7. The van der Waals surface area contributed by atoms with Gasteiger partial charge in [0.15, 0.2) is 0 Å². The molecule has 3 aliphatic rings. The van der Waals surface area contributed by atoms with Crippen molar-refractivity contribution in [2.24, 2.45) is 11.3 Å². The molecule has 1 amide bonds. The number of amides is 1. The van der Waals surface area contributed by atoms with Gasteiger partial charge in [-0.05, 0) is 32.6 Å². The van der Waals surface area contributed by atoms with E-state index in [-0.39, 0.29) is 5.41 Å². The molecule has 0 saturated carbocycles. The summed E-state index contributed by atoms with van der Waals surface area (Å²) in [7, 11) is 0. The Labute approximate surface area is 109 Å². The molecule has 18 heavy (non-hydrogen) atoms. The number of allylic oxidation sites excluding steroid dienone is 2. The second-order valence-electron chi connectivity index (χ2n) is 6.47. The minimum absolute atomic E-state index is 0.168. The lowest BCUT2D eigenvalue weighted by molar-refractivity contribution is -0.141. The summed E-state index contributed by atoms with van der Waals surface area (Å²) in [6, 6.07) is 0. The van der Waals surface area contributed by atoms with Crippen molar-refractivity contribution in [1.29, 1.82) is 0 Å². The lowest BCUT2D eigenvalue weighted by atomic mass is 9.78. The van der Waals surface area contributed by atoms with E-state index in [0.29, 0.717) is 24.0 Å². The number of rotatable bonds is 1. The van der Waals surface area contributed by atoms with Crippen LogP contribution in [0.4, 0.5) is 0 Å². The van der Waals surface area contributed by atoms with Gasteiger partial charge in [0.1, 0.15) is 0 Å². The fourth-order valence-corrected chi connectivity index (χ4v) is 3.71. The largest absolute Gasteiger partial charge is 0.373 e. The van der Waals surface area contributed by atoms with E-state index in [1.54, 1.807) is 0 Å². The van der Waals surface area contributed by atoms with E-state index in [1.807, 2.05) is 0 Å². The predicted molar refractivity (Wildman–Crippen MR) is 70.1 cm³/mol. The normalized spacial score (nSPS) is 43.2. The molecular weight excluding hydrogens is 226 g/mol. The Bertz CT molecular complexity index is 365. The topological polar surface area (TPSA) is 29.5 Å². The van der Waals surface area contributed by atoms with Crippen LogP contribution >= 0.6 is 0 Å². The highest BCUT2D eigenvalue weighted by Gasteiger charge is 2.45. The van der Waals surface area contributed by atoms with Crippen molar-refractivity contribution in [1.82, 2.24) is 4.90 Å². The second kappa shape index (κ2) is 4.37. The predicted octanol–water partition coefficient (Wildman–Crippen LogP) is 2.37. The Morgan fingerprint density at radius 3 is 2.89 bits per heavy atom. The van der Waals surface area contributed by atoms with E-state index in [2.05, 4.69) is 30.9 Å². The Hall–Kier alpha value is -0.830. The molecule has 2 heterocycles. The summed E-state index contributed by atoms with van der Waals surface area (Å²) in [5.74, 6) is 0.921. The molecule has 2 aliphatic heterocycles. The van der Waals surface area contributed by atoms with Crippen LogP contribution in [0.3, 0.4) is 0 Å². The molecule has 100 valence electrons. The third-order valence-corrected chi connectivity index (χ3v) is 4.82. The molecule has 1 unspecified atom stereocenters. The zero-order chi connectivity index (χ0) is 12.8.